The highest BCUT2D eigenvalue weighted by molar-refractivity contribution is 6.05. The molecule has 2 saturated heterocycles. The molecule has 2 N–H and O–H groups in total. The molecule has 35 heavy (non-hydrogen) atoms. The number of hydrogen-bond donors (Lipinski definition) is 2. The second-order valence-corrected chi connectivity index (χ2v) is 10.0. The van der Waals surface area contributed by atoms with Crippen molar-refractivity contribution in [3.63, 3.8) is 0 Å². The lowest BCUT2D eigenvalue weighted by Crippen LogP contribution is -2.37. The maximum Gasteiger partial charge on any atom is 0.410 e. The Bertz CT molecular complexity index is 1230. The predicted octanol–water partition coefficient (Wildman–Crippen LogP) is 3.97. The number of nitrogens with one attached hydrogen (secondary N) is 2. The quantitative estimate of drug-likeness (QED) is 0.589. The zero-order chi connectivity index (χ0) is 24.6. The number of likely N-dealkylation sites (tertiary alicyclic amines) is 1. The van der Waals surface area contributed by atoms with Gasteiger partial charge in [-0.05, 0) is 45.0 Å². The van der Waals surface area contributed by atoms with Crippen molar-refractivity contribution >= 4 is 40.2 Å². The molecule has 0 radical (unpaired) electrons. The molecule has 10 nitrogen and oxygen atoms in total. The number of anilines is 3. The van der Waals surface area contributed by atoms with Gasteiger partial charge >= 0.3 is 12.1 Å². The number of amides is 3. The number of pyridine rings is 1. The molecule has 1 aromatic carbocycles. The van der Waals surface area contributed by atoms with Crippen LogP contribution >= 0.6 is 0 Å². The smallest absolute Gasteiger partial charge is 0.410 e. The molecule has 0 bridgehead atoms. The highest BCUT2D eigenvalue weighted by Gasteiger charge is 2.42. The molecule has 2 aliphatic rings. The average molecular weight is 476 g/mol. The summed E-state index contributed by atoms with van der Waals surface area (Å²) in [6.45, 7) is 8.88. The summed E-state index contributed by atoms with van der Waals surface area (Å²) >= 11 is 0. The molecule has 0 spiro atoms. The number of ether oxygens (including phenoxy) is 1. The maximum atomic E-state index is 12.4. The van der Waals surface area contributed by atoms with E-state index >= 15 is 0 Å². The van der Waals surface area contributed by atoms with Crippen molar-refractivity contribution in [2.75, 3.05) is 41.7 Å². The lowest BCUT2D eigenvalue weighted by molar-refractivity contribution is 0.0282. The van der Waals surface area contributed by atoms with Crippen LogP contribution in [0.4, 0.5) is 26.8 Å². The Morgan fingerprint density at radius 2 is 1.74 bits per heavy atom. The number of carbonyl (C=O) groups is 2. The highest BCUT2D eigenvalue weighted by Crippen LogP contribution is 2.36. The van der Waals surface area contributed by atoms with Gasteiger partial charge < -0.3 is 19.9 Å². The van der Waals surface area contributed by atoms with E-state index in [2.05, 4.69) is 36.6 Å². The standard InChI is InChI=1S/C25H29N7O3/c1-25(2,3)35-24(34)32-14-16-12-31(13-17(16)15-32)18-4-5-19-20(6-7-27-21(19)10-18)29-23(33)30-22-11-26-8-9-28-22/h4-11,16-17H,12-15H2,1-3H3,(H2,27,28,29,30,33)/t16-,17+. The second-order valence-electron chi connectivity index (χ2n) is 10.0. The Morgan fingerprint density at radius 3 is 2.43 bits per heavy atom. The van der Waals surface area contributed by atoms with Crippen LogP contribution in [0.1, 0.15) is 20.8 Å². The number of rotatable bonds is 3. The van der Waals surface area contributed by atoms with E-state index in [1.807, 2.05) is 37.8 Å². The molecule has 5 rings (SSSR count). The van der Waals surface area contributed by atoms with Crippen LogP contribution < -0.4 is 15.5 Å². The summed E-state index contributed by atoms with van der Waals surface area (Å²) in [5.41, 5.74) is 2.06. The number of nitrogens with zero attached hydrogens (tertiary/aromatic N) is 5. The van der Waals surface area contributed by atoms with Crippen molar-refractivity contribution in [1.29, 1.82) is 0 Å². The van der Waals surface area contributed by atoms with Gasteiger partial charge in [-0.15, -0.1) is 0 Å². The highest BCUT2D eigenvalue weighted by atomic mass is 16.6. The fourth-order valence-electron chi connectivity index (χ4n) is 4.76. The zero-order valence-electron chi connectivity index (χ0n) is 20.1. The summed E-state index contributed by atoms with van der Waals surface area (Å²) in [5, 5.41) is 6.38. The molecule has 3 amide bonds. The monoisotopic (exact) mass is 475 g/mol. The van der Waals surface area contributed by atoms with Gasteiger partial charge in [0.2, 0.25) is 0 Å². The van der Waals surface area contributed by atoms with Gasteiger partial charge in [-0.25, -0.2) is 14.6 Å². The number of carbonyl (C=O) groups excluding carboxylic acids is 2. The second kappa shape index (κ2) is 9.01. The summed E-state index contributed by atoms with van der Waals surface area (Å²) < 4.78 is 5.54. The minimum atomic E-state index is -0.483. The third-order valence-corrected chi connectivity index (χ3v) is 6.28. The molecule has 3 aromatic rings. The fourth-order valence-corrected chi connectivity index (χ4v) is 4.76. The maximum absolute atomic E-state index is 12.4. The molecule has 182 valence electrons. The Hall–Kier alpha value is -3.95. The molecular weight excluding hydrogens is 446 g/mol. The molecule has 0 unspecified atom stereocenters. The summed E-state index contributed by atoms with van der Waals surface area (Å²) in [6.07, 6.45) is 6.00. The minimum Gasteiger partial charge on any atom is -0.444 e. The van der Waals surface area contributed by atoms with Crippen LogP contribution in [0.25, 0.3) is 10.9 Å². The van der Waals surface area contributed by atoms with E-state index in [9.17, 15) is 9.59 Å². The van der Waals surface area contributed by atoms with Crippen molar-refractivity contribution in [3.8, 4) is 0 Å². The van der Waals surface area contributed by atoms with Gasteiger partial charge in [-0.3, -0.25) is 15.3 Å². The first-order valence-corrected chi connectivity index (χ1v) is 11.7. The molecule has 4 heterocycles. The van der Waals surface area contributed by atoms with Crippen molar-refractivity contribution in [1.82, 2.24) is 19.9 Å². The largest absolute Gasteiger partial charge is 0.444 e. The fraction of sp³-hybridized carbons (Fsp3) is 0.400. The van der Waals surface area contributed by atoms with Crippen LogP contribution in [0.5, 0.6) is 0 Å². The first-order valence-electron chi connectivity index (χ1n) is 11.7. The van der Waals surface area contributed by atoms with E-state index in [0.717, 1.165) is 42.8 Å². The minimum absolute atomic E-state index is 0.225. The van der Waals surface area contributed by atoms with E-state index in [0.29, 0.717) is 23.3 Å². The SMILES string of the molecule is CC(C)(C)OC(=O)N1C[C@@H]2CN(c3ccc4c(NC(=O)Nc5cnccn5)ccnc4c3)C[C@@H]2C1. The van der Waals surface area contributed by atoms with Crippen LogP contribution in [0.15, 0.2) is 49.1 Å². The van der Waals surface area contributed by atoms with Crippen LogP contribution in [-0.2, 0) is 4.74 Å². The van der Waals surface area contributed by atoms with Gasteiger partial charge in [-0.2, -0.15) is 0 Å². The normalized spacial score (nSPS) is 19.5. The number of fused-ring (bicyclic) bond motifs is 2. The van der Waals surface area contributed by atoms with E-state index < -0.39 is 11.6 Å². The Labute approximate surface area is 203 Å². The van der Waals surface area contributed by atoms with Crippen molar-refractivity contribution in [2.45, 2.75) is 26.4 Å². The molecule has 0 saturated carbocycles. The van der Waals surface area contributed by atoms with E-state index in [1.54, 1.807) is 18.5 Å². The van der Waals surface area contributed by atoms with E-state index in [1.165, 1.54) is 12.4 Å². The lowest BCUT2D eigenvalue weighted by atomic mass is 10.0. The topological polar surface area (TPSA) is 113 Å². The van der Waals surface area contributed by atoms with Crippen LogP contribution in [0.3, 0.4) is 0 Å². The van der Waals surface area contributed by atoms with Crippen LogP contribution in [-0.4, -0.2) is 63.8 Å². The average Bonchev–Trinajstić information content (AvgIpc) is 3.38. The third kappa shape index (κ3) is 5.11. The predicted molar refractivity (Wildman–Crippen MR) is 133 cm³/mol. The van der Waals surface area contributed by atoms with Crippen molar-refractivity contribution in [2.24, 2.45) is 11.8 Å². The number of urea groups is 1. The Balaban J connectivity index is 1.24. The number of aromatic nitrogens is 3. The summed E-state index contributed by atoms with van der Waals surface area (Å²) in [7, 11) is 0. The Kier molecular flexibility index (Phi) is 5.88. The van der Waals surface area contributed by atoms with Gasteiger partial charge in [0, 0.05) is 67.7 Å². The molecule has 2 aromatic heterocycles. The zero-order valence-corrected chi connectivity index (χ0v) is 20.1. The lowest BCUT2D eigenvalue weighted by Gasteiger charge is -2.26. The van der Waals surface area contributed by atoms with Crippen LogP contribution in [0, 0.1) is 11.8 Å². The summed E-state index contributed by atoms with van der Waals surface area (Å²) in [5.74, 6) is 1.21. The van der Waals surface area contributed by atoms with Crippen molar-refractivity contribution in [3.05, 3.63) is 49.1 Å². The van der Waals surface area contributed by atoms with Gasteiger partial charge in [0.1, 0.15) is 5.60 Å². The summed E-state index contributed by atoms with van der Waals surface area (Å²) in [6, 6.07) is 7.46. The third-order valence-electron chi connectivity index (χ3n) is 6.28. The molecule has 0 aliphatic carbocycles. The molecule has 10 heteroatoms. The first-order chi connectivity index (χ1) is 16.7. The molecule has 2 atom stereocenters. The van der Waals surface area contributed by atoms with Gasteiger partial charge in [0.25, 0.3) is 0 Å². The van der Waals surface area contributed by atoms with E-state index in [-0.39, 0.29) is 6.09 Å². The summed E-state index contributed by atoms with van der Waals surface area (Å²) in [4.78, 5) is 41.6. The molecule has 2 aliphatic heterocycles. The van der Waals surface area contributed by atoms with Gasteiger partial charge in [-0.1, -0.05) is 0 Å². The number of hydrogen-bond acceptors (Lipinski definition) is 7. The first kappa shape index (κ1) is 22.8. The van der Waals surface area contributed by atoms with Crippen LogP contribution in [0.2, 0.25) is 0 Å². The van der Waals surface area contributed by atoms with E-state index in [4.69, 9.17) is 4.74 Å². The molecular formula is C25H29N7O3. The number of benzene rings is 1. The van der Waals surface area contributed by atoms with Gasteiger partial charge in [0.15, 0.2) is 5.82 Å². The Morgan fingerprint density at radius 1 is 0.971 bits per heavy atom. The van der Waals surface area contributed by atoms with Crippen molar-refractivity contribution < 1.29 is 14.3 Å². The van der Waals surface area contributed by atoms with Gasteiger partial charge in [0.05, 0.1) is 17.4 Å². The molecule has 2 fully saturated rings.